The van der Waals surface area contributed by atoms with Crippen molar-refractivity contribution in [1.29, 1.82) is 0 Å². The lowest BCUT2D eigenvalue weighted by Crippen LogP contribution is -2.38. The highest BCUT2D eigenvalue weighted by molar-refractivity contribution is 9.10. The molecule has 3 N–H and O–H groups in total. The summed E-state index contributed by atoms with van der Waals surface area (Å²) < 4.78 is 7.79. The van der Waals surface area contributed by atoms with Crippen molar-refractivity contribution in [3.8, 4) is 11.5 Å². The number of phenolic OH excluding ortho intramolecular Hbond substituents is 1. The van der Waals surface area contributed by atoms with Crippen molar-refractivity contribution in [3.05, 3.63) is 34.1 Å². The SMILES string of the molecule is CCOc1cc([C@@H]2NC(=O)c3nn(CC)cc3N2)c(Br)cc1O. The Labute approximate surface area is 141 Å². The zero-order valence-corrected chi connectivity index (χ0v) is 14.3. The lowest BCUT2D eigenvalue weighted by molar-refractivity contribution is 0.0929. The van der Waals surface area contributed by atoms with Gasteiger partial charge in [0.2, 0.25) is 0 Å². The fourth-order valence-corrected chi connectivity index (χ4v) is 3.01. The summed E-state index contributed by atoms with van der Waals surface area (Å²) in [6, 6.07) is 3.26. The Morgan fingerprint density at radius 2 is 2.17 bits per heavy atom. The largest absolute Gasteiger partial charge is 0.504 e. The topological polar surface area (TPSA) is 88.4 Å². The number of anilines is 1. The second-order valence-corrected chi connectivity index (χ2v) is 5.93. The number of fused-ring (bicyclic) bond motifs is 1. The molecule has 3 rings (SSSR count). The third kappa shape index (κ3) is 2.86. The van der Waals surface area contributed by atoms with E-state index in [4.69, 9.17) is 4.74 Å². The number of halogens is 1. The highest BCUT2D eigenvalue weighted by atomic mass is 79.9. The number of rotatable bonds is 4. The molecule has 7 nitrogen and oxygen atoms in total. The number of nitrogens with zero attached hydrogens (tertiary/aromatic N) is 2. The van der Waals surface area contributed by atoms with Crippen LogP contribution in [0.2, 0.25) is 0 Å². The summed E-state index contributed by atoms with van der Waals surface area (Å²) in [6.07, 6.45) is 1.36. The molecule has 1 atom stereocenters. The molecule has 0 radical (unpaired) electrons. The average molecular weight is 381 g/mol. The number of benzene rings is 1. The van der Waals surface area contributed by atoms with Crippen LogP contribution >= 0.6 is 15.9 Å². The van der Waals surface area contributed by atoms with Crippen molar-refractivity contribution in [2.24, 2.45) is 0 Å². The van der Waals surface area contributed by atoms with Crippen LogP contribution in [0.4, 0.5) is 5.69 Å². The molecule has 2 heterocycles. The lowest BCUT2D eigenvalue weighted by atomic mass is 10.1. The fourth-order valence-electron chi connectivity index (χ4n) is 2.45. The van der Waals surface area contributed by atoms with E-state index in [1.165, 1.54) is 0 Å². The Kier molecular flexibility index (Phi) is 4.16. The van der Waals surface area contributed by atoms with Gasteiger partial charge in [0.1, 0.15) is 6.17 Å². The van der Waals surface area contributed by atoms with Crippen LogP contribution < -0.4 is 15.4 Å². The maximum absolute atomic E-state index is 12.3. The van der Waals surface area contributed by atoms with Gasteiger partial charge in [-0.1, -0.05) is 15.9 Å². The molecule has 1 aliphatic heterocycles. The Morgan fingerprint density at radius 1 is 1.39 bits per heavy atom. The summed E-state index contributed by atoms with van der Waals surface area (Å²) in [5.41, 5.74) is 1.82. The molecule has 0 aliphatic carbocycles. The standard InChI is InChI=1S/C15H17BrN4O3/c1-3-20-7-10-13(19-20)15(22)18-14(17-10)8-5-12(23-4-2)11(21)6-9(8)16/h5-7,14,17,21H,3-4H2,1-2H3,(H,18,22)/t14-/m0/s1. The predicted octanol–water partition coefficient (Wildman–Crippen LogP) is 2.62. The van der Waals surface area contributed by atoms with Gasteiger partial charge in [0, 0.05) is 22.8 Å². The predicted molar refractivity (Wildman–Crippen MR) is 88.7 cm³/mol. The van der Waals surface area contributed by atoms with Gasteiger partial charge in [-0.15, -0.1) is 0 Å². The van der Waals surface area contributed by atoms with Gasteiger partial charge in [-0.3, -0.25) is 9.48 Å². The summed E-state index contributed by atoms with van der Waals surface area (Å²) in [5, 5.41) is 20.3. The minimum atomic E-state index is -0.446. The number of aryl methyl sites for hydroxylation is 1. The number of phenols is 1. The van der Waals surface area contributed by atoms with Gasteiger partial charge in [-0.2, -0.15) is 5.10 Å². The number of nitrogens with one attached hydrogen (secondary N) is 2. The molecule has 8 heteroatoms. The highest BCUT2D eigenvalue weighted by Gasteiger charge is 2.29. The van der Waals surface area contributed by atoms with Crippen LogP contribution in [0.25, 0.3) is 0 Å². The van der Waals surface area contributed by atoms with Crippen LogP contribution in [0.5, 0.6) is 11.5 Å². The van der Waals surface area contributed by atoms with Crippen LogP contribution in [-0.4, -0.2) is 27.4 Å². The van der Waals surface area contributed by atoms with Gasteiger partial charge in [-0.25, -0.2) is 0 Å². The fraction of sp³-hybridized carbons (Fsp3) is 0.333. The first-order chi connectivity index (χ1) is 11.0. The van der Waals surface area contributed by atoms with E-state index in [0.717, 1.165) is 5.56 Å². The summed E-state index contributed by atoms with van der Waals surface area (Å²) in [7, 11) is 0. The number of aromatic hydroxyl groups is 1. The summed E-state index contributed by atoms with van der Waals surface area (Å²) in [4.78, 5) is 12.3. The zero-order valence-electron chi connectivity index (χ0n) is 12.8. The first kappa shape index (κ1) is 15.7. The minimum absolute atomic E-state index is 0.0455. The monoisotopic (exact) mass is 380 g/mol. The first-order valence-electron chi connectivity index (χ1n) is 7.33. The average Bonchev–Trinajstić information content (AvgIpc) is 2.94. The van der Waals surface area contributed by atoms with E-state index in [0.29, 0.717) is 34.8 Å². The smallest absolute Gasteiger partial charge is 0.275 e. The molecule has 0 saturated heterocycles. The molecule has 1 aliphatic rings. The molecule has 1 aromatic carbocycles. The van der Waals surface area contributed by atoms with Crippen molar-refractivity contribution in [2.75, 3.05) is 11.9 Å². The Bertz CT molecular complexity index is 759. The third-order valence-corrected chi connectivity index (χ3v) is 4.25. The van der Waals surface area contributed by atoms with Crippen LogP contribution in [-0.2, 0) is 6.54 Å². The number of carbonyl (C=O) groups is 1. The van der Waals surface area contributed by atoms with Crippen molar-refractivity contribution >= 4 is 27.5 Å². The molecule has 2 aromatic rings. The summed E-state index contributed by atoms with van der Waals surface area (Å²) in [6.45, 7) is 4.92. The van der Waals surface area contributed by atoms with Crippen molar-refractivity contribution < 1.29 is 14.6 Å². The van der Waals surface area contributed by atoms with Crippen LogP contribution in [0.15, 0.2) is 22.8 Å². The number of ether oxygens (including phenoxy) is 1. The summed E-state index contributed by atoms with van der Waals surface area (Å²) in [5.74, 6) is 0.176. The molecule has 0 spiro atoms. The van der Waals surface area contributed by atoms with E-state index >= 15 is 0 Å². The van der Waals surface area contributed by atoms with E-state index in [-0.39, 0.29) is 11.7 Å². The molecule has 0 fully saturated rings. The van der Waals surface area contributed by atoms with E-state index in [9.17, 15) is 9.90 Å². The Morgan fingerprint density at radius 3 is 2.87 bits per heavy atom. The molecule has 0 saturated carbocycles. The van der Waals surface area contributed by atoms with E-state index < -0.39 is 6.17 Å². The lowest BCUT2D eigenvalue weighted by Gasteiger charge is -2.26. The molecular formula is C15H17BrN4O3. The maximum atomic E-state index is 12.3. The van der Waals surface area contributed by atoms with Crippen molar-refractivity contribution in [1.82, 2.24) is 15.1 Å². The van der Waals surface area contributed by atoms with Gasteiger partial charge in [-0.05, 0) is 26.0 Å². The quantitative estimate of drug-likeness (QED) is 0.758. The van der Waals surface area contributed by atoms with Gasteiger partial charge >= 0.3 is 0 Å². The molecule has 1 aromatic heterocycles. The molecule has 0 unspecified atom stereocenters. The maximum Gasteiger partial charge on any atom is 0.275 e. The molecule has 23 heavy (non-hydrogen) atoms. The molecule has 0 bridgehead atoms. The van der Waals surface area contributed by atoms with Gasteiger partial charge in [0.15, 0.2) is 17.2 Å². The number of hydrogen-bond donors (Lipinski definition) is 3. The van der Waals surface area contributed by atoms with Crippen LogP contribution in [0, 0.1) is 0 Å². The zero-order chi connectivity index (χ0) is 16.6. The Balaban J connectivity index is 1.97. The molecular weight excluding hydrogens is 364 g/mol. The Hall–Kier alpha value is -2.22. The van der Waals surface area contributed by atoms with E-state index in [1.807, 2.05) is 13.8 Å². The van der Waals surface area contributed by atoms with Crippen molar-refractivity contribution in [2.45, 2.75) is 26.6 Å². The second kappa shape index (κ2) is 6.11. The number of hydrogen-bond acceptors (Lipinski definition) is 5. The normalized spacial score (nSPS) is 16.5. The van der Waals surface area contributed by atoms with Crippen LogP contribution in [0.3, 0.4) is 0 Å². The van der Waals surface area contributed by atoms with E-state index in [1.54, 1.807) is 23.0 Å². The van der Waals surface area contributed by atoms with Gasteiger partial charge in [0.05, 0.1) is 12.3 Å². The number of amides is 1. The molecule has 122 valence electrons. The van der Waals surface area contributed by atoms with Gasteiger partial charge in [0.25, 0.3) is 5.91 Å². The van der Waals surface area contributed by atoms with Crippen LogP contribution in [0.1, 0.15) is 36.1 Å². The summed E-state index contributed by atoms with van der Waals surface area (Å²) >= 11 is 3.42. The van der Waals surface area contributed by atoms with Crippen molar-refractivity contribution in [3.63, 3.8) is 0 Å². The third-order valence-electron chi connectivity index (χ3n) is 3.57. The number of carbonyl (C=O) groups excluding carboxylic acids is 1. The second-order valence-electron chi connectivity index (χ2n) is 5.07. The van der Waals surface area contributed by atoms with Gasteiger partial charge < -0.3 is 20.5 Å². The minimum Gasteiger partial charge on any atom is -0.504 e. The number of aromatic nitrogens is 2. The first-order valence-corrected chi connectivity index (χ1v) is 8.12. The molecule has 1 amide bonds. The highest BCUT2D eigenvalue weighted by Crippen LogP contribution is 2.37. The van der Waals surface area contributed by atoms with E-state index in [2.05, 4.69) is 31.7 Å².